The van der Waals surface area contributed by atoms with Crippen LogP contribution in [0.3, 0.4) is 0 Å². The van der Waals surface area contributed by atoms with Crippen molar-refractivity contribution in [2.75, 3.05) is 0 Å². The number of nitrogens with one attached hydrogen (secondary N) is 2. The van der Waals surface area contributed by atoms with E-state index in [1.807, 2.05) is 13.0 Å². The highest BCUT2D eigenvalue weighted by Crippen LogP contribution is 2.20. The van der Waals surface area contributed by atoms with E-state index in [4.69, 9.17) is 0 Å². The van der Waals surface area contributed by atoms with E-state index >= 15 is 0 Å². The van der Waals surface area contributed by atoms with E-state index in [1.165, 1.54) is 10.6 Å². The van der Waals surface area contributed by atoms with Crippen molar-refractivity contribution in [3.05, 3.63) is 39.4 Å². The Labute approximate surface area is 122 Å². The Morgan fingerprint density at radius 2 is 2.05 bits per heavy atom. The minimum Gasteiger partial charge on any atom is -0.294 e. The molecular formula is C15H19N5O. The van der Waals surface area contributed by atoms with Gasteiger partial charge in [0.05, 0.1) is 5.69 Å². The number of aromatic nitrogens is 5. The van der Waals surface area contributed by atoms with Crippen LogP contribution in [0.5, 0.6) is 0 Å². The van der Waals surface area contributed by atoms with Crippen LogP contribution in [0.1, 0.15) is 43.6 Å². The summed E-state index contributed by atoms with van der Waals surface area (Å²) in [5, 5.41) is 10.3. The van der Waals surface area contributed by atoms with Crippen molar-refractivity contribution in [2.24, 2.45) is 0 Å². The number of hydrogen-bond acceptors (Lipinski definition) is 3. The van der Waals surface area contributed by atoms with Crippen molar-refractivity contribution < 1.29 is 0 Å². The number of fused-ring (bicyclic) bond motifs is 1. The topological polar surface area (TPSA) is 78.8 Å². The second-order valence-corrected chi connectivity index (χ2v) is 5.57. The molecule has 21 heavy (non-hydrogen) atoms. The van der Waals surface area contributed by atoms with Gasteiger partial charge in [-0.2, -0.15) is 5.10 Å². The fourth-order valence-corrected chi connectivity index (χ4v) is 2.51. The largest absolute Gasteiger partial charge is 0.294 e. The molecule has 0 amide bonds. The maximum absolute atomic E-state index is 12.2. The van der Waals surface area contributed by atoms with Crippen molar-refractivity contribution in [1.82, 2.24) is 24.8 Å². The number of aryl methyl sites for hydroxylation is 2. The molecule has 3 aromatic rings. The number of rotatable bonds is 3. The van der Waals surface area contributed by atoms with Crippen molar-refractivity contribution in [3.63, 3.8) is 0 Å². The molecule has 0 atom stereocenters. The molecule has 2 N–H and O–H groups in total. The molecule has 6 heteroatoms. The van der Waals surface area contributed by atoms with Crippen LogP contribution in [0.2, 0.25) is 0 Å². The summed E-state index contributed by atoms with van der Waals surface area (Å²) >= 11 is 0. The van der Waals surface area contributed by atoms with Crippen LogP contribution >= 0.6 is 0 Å². The third-order valence-corrected chi connectivity index (χ3v) is 3.76. The summed E-state index contributed by atoms with van der Waals surface area (Å²) in [5.41, 5.74) is 4.96. The van der Waals surface area contributed by atoms with Crippen molar-refractivity contribution >= 4 is 5.65 Å². The van der Waals surface area contributed by atoms with Gasteiger partial charge >= 0.3 is 0 Å². The number of hydrogen-bond donors (Lipinski definition) is 2. The van der Waals surface area contributed by atoms with E-state index in [0.717, 1.165) is 23.4 Å². The molecule has 0 saturated carbocycles. The van der Waals surface area contributed by atoms with Crippen LogP contribution in [0, 0.1) is 6.92 Å². The fraction of sp³-hybridized carbons (Fsp3) is 0.400. The lowest BCUT2D eigenvalue weighted by Crippen LogP contribution is -2.14. The fourth-order valence-electron chi connectivity index (χ4n) is 2.51. The van der Waals surface area contributed by atoms with Gasteiger partial charge in [-0.15, -0.1) is 0 Å². The molecule has 0 aromatic carbocycles. The SMILES string of the molecule is CCc1c(C)[nH]n2c(=O)cc(-c3cc(C(C)C)[nH]n3)nc12. The summed E-state index contributed by atoms with van der Waals surface area (Å²) in [6, 6.07) is 3.47. The molecule has 0 spiro atoms. The monoisotopic (exact) mass is 285 g/mol. The third-order valence-electron chi connectivity index (χ3n) is 3.76. The minimum absolute atomic E-state index is 0.119. The van der Waals surface area contributed by atoms with E-state index in [0.29, 0.717) is 23.0 Å². The Hall–Kier alpha value is -2.37. The summed E-state index contributed by atoms with van der Waals surface area (Å²) in [6.45, 7) is 8.19. The van der Waals surface area contributed by atoms with Crippen LogP contribution in [0.25, 0.3) is 17.0 Å². The second kappa shape index (κ2) is 4.87. The van der Waals surface area contributed by atoms with Gasteiger partial charge in [0, 0.05) is 23.0 Å². The van der Waals surface area contributed by atoms with E-state index in [2.05, 4.69) is 41.1 Å². The maximum Gasteiger partial charge on any atom is 0.273 e. The van der Waals surface area contributed by atoms with Gasteiger partial charge in [0.2, 0.25) is 0 Å². The van der Waals surface area contributed by atoms with Gasteiger partial charge < -0.3 is 0 Å². The van der Waals surface area contributed by atoms with Gasteiger partial charge in [0.1, 0.15) is 5.69 Å². The first kappa shape index (κ1) is 13.6. The summed E-state index contributed by atoms with van der Waals surface area (Å²) in [4.78, 5) is 16.9. The highest BCUT2D eigenvalue weighted by atomic mass is 16.1. The summed E-state index contributed by atoms with van der Waals surface area (Å²) in [6.07, 6.45) is 0.826. The summed E-state index contributed by atoms with van der Waals surface area (Å²) in [7, 11) is 0. The normalized spacial score (nSPS) is 11.7. The first-order valence-corrected chi connectivity index (χ1v) is 7.18. The highest BCUT2D eigenvalue weighted by molar-refractivity contribution is 5.60. The molecule has 110 valence electrons. The smallest absolute Gasteiger partial charge is 0.273 e. The molecule has 0 bridgehead atoms. The molecule has 0 radical (unpaired) electrons. The molecule has 3 heterocycles. The van der Waals surface area contributed by atoms with Crippen molar-refractivity contribution in [3.8, 4) is 11.4 Å². The predicted molar refractivity (Wildman–Crippen MR) is 81.6 cm³/mol. The van der Waals surface area contributed by atoms with E-state index < -0.39 is 0 Å². The molecule has 6 nitrogen and oxygen atoms in total. The number of H-pyrrole nitrogens is 2. The molecule has 0 fully saturated rings. The second-order valence-electron chi connectivity index (χ2n) is 5.57. The van der Waals surface area contributed by atoms with Crippen LogP contribution in [0.15, 0.2) is 16.9 Å². The Bertz CT molecular complexity index is 853. The Balaban J connectivity index is 2.21. The summed E-state index contributed by atoms with van der Waals surface area (Å²) < 4.78 is 1.49. The lowest BCUT2D eigenvalue weighted by Gasteiger charge is -1.99. The minimum atomic E-state index is -0.119. The summed E-state index contributed by atoms with van der Waals surface area (Å²) in [5.74, 6) is 0.358. The van der Waals surface area contributed by atoms with Gasteiger partial charge in [0.25, 0.3) is 5.56 Å². The van der Waals surface area contributed by atoms with Crippen LogP contribution in [-0.4, -0.2) is 24.8 Å². The molecule has 3 aromatic heterocycles. The van der Waals surface area contributed by atoms with Crippen molar-refractivity contribution in [1.29, 1.82) is 0 Å². The standard InChI is InChI=1S/C15H19N5O/c1-5-10-9(4)19-20-14(21)7-12(16-15(10)20)13-6-11(8(2)3)17-18-13/h6-8,19H,5H2,1-4H3,(H,17,18). The molecular weight excluding hydrogens is 266 g/mol. The Morgan fingerprint density at radius 1 is 1.29 bits per heavy atom. The lowest BCUT2D eigenvalue weighted by atomic mass is 10.1. The highest BCUT2D eigenvalue weighted by Gasteiger charge is 2.14. The maximum atomic E-state index is 12.2. The van der Waals surface area contributed by atoms with E-state index in [1.54, 1.807) is 0 Å². The molecule has 0 aliphatic heterocycles. The van der Waals surface area contributed by atoms with Gasteiger partial charge in [-0.1, -0.05) is 20.8 Å². The first-order chi connectivity index (χ1) is 10.0. The van der Waals surface area contributed by atoms with Gasteiger partial charge in [0.15, 0.2) is 5.65 Å². The quantitative estimate of drug-likeness (QED) is 0.775. The van der Waals surface area contributed by atoms with Crippen LogP contribution in [-0.2, 0) is 6.42 Å². The zero-order valence-electron chi connectivity index (χ0n) is 12.7. The van der Waals surface area contributed by atoms with Crippen LogP contribution < -0.4 is 5.56 Å². The van der Waals surface area contributed by atoms with Crippen molar-refractivity contribution in [2.45, 2.75) is 40.0 Å². The number of aromatic amines is 2. The van der Waals surface area contributed by atoms with Gasteiger partial charge in [-0.05, 0) is 25.3 Å². The van der Waals surface area contributed by atoms with Crippen LogP contribution in [0.4, 0.5) is 0 Å². The van der Waals surface area contributed by atoms with Gasteiger partial charge in [-0.25, -0.2) is 9.50 Å². The average molecular weight is 285 g/mol. The average Bonchev–Trinajstić information content (AvgIpc) is 3.03. The zero-order valence-corrected chi connectivity index (χ0v) is 12.7. The first-order valence-electron chi connectivity index (χ1n) is 7.18. The Kier molecular flexibility index (Phi) is 3.16. The molecule has 3 rings (SSSR count). The molecule has 0 unspecified atom stereocenters. The Morgan fingerprint density at radius 3 is 2.67 bits per heavy atom. The van der Waals surface area contributed by atoms with Gasteiger partial charge in [-0.3, -0.25) is 15.0 Å². The lowest BCUT2D eigenvalue weighted by molar-refractivity contribution is 0.810. The predicted octanol–water partition coefficient (Wildman–Crippen LogP) is 2.41. The molecule has 0 aliphatic carbocycles. The van der Waals surface area contributed by atoms with E-state index in [9.17, 15) is 4.79 Å². The number of nitrogens with zero attached hydrogens (tertiary/aromatic N) is 3. The zero-order chi connectivity index (χ0) is 15.1. The molecule has 0 aliphatic rings. The van der Waals surface area contributed by atoms with E-state index in [-0.39, 0.29) is 5.56 Å². The third kappa shape index (κ3) is 2.16. The molecule has 0 saturated heterocycles.